The zero-order valence-electron chi connectivity index (χ0n) is 15.9. The van der Waals surface area contributed by atoms with E-state index in [1.807, 2.05) is 11.7 Å². The number of fused-ring (bicyclic) bond motifs is 1. The van der Waals surface area contributed by atoms with Crippen molar-refractivity contribution in [1.82, 2.24) is 19.6 Å². The third kappa shape index (κ3) is 3.23. The van der Waals surface area contributed by atoms with Crippen LogP contribution >= 0.6 is 0 Å². The average molecular weight is 345 g/mol. The number of aromatic nitrogens is 2. The third-order valence-electron chi connectivity index (χ3n) is 6.90. The van der Waals surface area contributed by atoms with Crippen molar-refractivity contribution in [2.24, 2.45) is 12.5 Å². The molecule has 0 saturated carbocycles. The number of nitrogens with zero attached hydrogens (tertiary/aromatic N) is 4. The Morgan fingerprint density at radius 1 is 0.920 bits per heavy atom. The summed E-state index contributed by atoms with van der Waals surface area (Å²) in [5, 5.41) is 4.63. The summed E-state index contributed by atoms with van der Waals surface area (Å²) in [6.45, 7) is 4.28. The molecule has 5 nitrogen and oxygen atoms in total. The number of carbonyl (C=O) groups is 1. The fraction of sp³-hybridized carbons (Fsp3) is 0.800. The molecule has 1 aromatic heterocycles. The van der Waals surface area contributed by atoms with Gasteiger partial charge in [0.05, 0.1) is 5.69 Å². The number of hydrogen-bond donors (Lipinski definition) is 0. The van der Waals surface area contributed by atoms with Gasteiger partial charge >= 0.3 is 0 Å². The van der Waals surface area contributed by atoms with Gasteiger partial charge < -0.3 is 9.80 Å². The van der Waals surface area contributed by atoms with Crippen LogP contribution in [0, 0.1) is 5.41 Å². The normalized spacial score (nSPS) is 24.2. The molecule has 25 heavy (non-hydrogen) atoms. The molecule has 0 aromatic carbocycles. The number of aryl methyl sites for hydroxylation is 2. The van der Waals surface area contributed by atoms with Crippen molar-refractivity contribution in [3.05, 3.63) is 17.0 Å². The lowest BCUT2D eigenvalue weighted by Gasteiger charge is -2.41. The molecular weight excluding hydrogens is 312 g/mol. The van der Waals surface area contributed by atoms with Crippen molar-refractivity contribution in [2.75, 3.05) is 33.2 Å². The van der Waals surface area contributed by atoms with Crippen molar-refractivity contribution in [3.8, 4) is 0 Å². The van der Waals surface area contributed by atoms with E-state index < -0.39 is 0 Å². The second kappa shape index (κ2) is 6.75. The molecule has 2 aliphatic heterocycles. The first-order valence-corrected chi connectivity index (χ1v) is 10.1. The molecule has 0 radical (unpaired) electrons. The van der Waals surface area contributed by atoms with Gasteiger partial charge in [0.1, 0.15) is 5.69 Å². The fourth-order valence-electron chi connectivity index (χ4n) is 5.17. The highest BCUT2D eigenvalue weighted by atomic mass is 16.2. The molecule has 2 fully saturated rings. The van der Waals surface area contributed by atoms with E-state index in [-0.39, 0.29) is 5.91 Å². The molecule has 0 unspecified atom stereocenters. The maximum Gasteiger partial charge on any atom is 0.272 e. The fourth-order valence-corrected chi connectivity index (χ4v) is 5.17. The first-order chi connectivity index (χ1) is 12.1. The first kappa shape index (κ1) is 17.1. The van der Waals surface area contributed by atoms with Gasteiger partial charge in [0, 0.05) is 25.7 Å². The summed E-state index contributed by atoms with van der Waals surface area (Å²) < 4.78 is 1.85. The largest absolute Gasteiger partial charge is 0.337 e. The van der Waals surface area contributed by atoms with E-state index in [2.05, 4.69) is 21.9 Å². The van der Waals surface area contributed by atoms with Crippen LogP contribution in [0.4, 0.5) is 0 Å². The Balaban J connectivity index is 1.46. The number of likely N-dealkylation sites (tertiary alicyclic amines) is 2. The van der Waals surface area contributed by atoms with Crippen LogP contribution in [-0.2, 0) is 19.9 Å². The maximum atomic E-state index is 13.2. The van der Waals surface area contributed by atoms with E-state index in [0.717, 1.165) is 37.3 Å². The molecule has 1 aromatic rings. The van der Waals surface area contributed by atoms with Crippen LogP contribution in [0.5, 0.6) is 0 Å². The van der Waals surface area contributed by atoms with E-state index in [1.165, 1.54) is 63.6 Å². The molecule has 1 amide bonds. The molecule has 0 bridgehead atoms. The van der Waals surface area contributed by atoms with Crippen LogP contribution in [0.15, 0.2) is 0 Å². The maximum absolute atomic E-state index is 13.2. The lowest BCUT2D eigenvalue weighted by molar-refractivity contribution is 0.0531. The topological polar surface area (TPSA) is 41.4 Å². The molecule has 1 aliphatic carbocycles. The number of carbonyl (C=O) groups excluding carboxylic acids is 1. The molecule has 138 valence electrons. The van der Waals surface area contributed by atoms with Crippen LogP contribution in [0.2, 0.25) is 0 Å². The van der Waals surface area contributed by atoms with Crippen molar-refractivity contribution in [3.63, 3.8) is 0 Å². The van der Waals surface area contributed by atoms with Crippen LogP contribution < -0.4 is 0 Å². The Labute approximate surface area is 151 Å². The zero-order chi connectivity index (χ0) is 17.4. The second-order valence-corrected chi connectivity index (χ2v) is 8.55. The summed E-state index contributed by atoms with van der Waals surface area (Å²) >= 11 is 0. The minimum absolute atomic E-state index is 0.221. The summed E-state index contributed by atoms with van der Waals surface area (Å²) in [5.41, 5.74) is 3.74. The van der Waals surface area contributed by atoms with E-state index in [1.54, 1.807) is 0 Å². The molecule has 4 rings (SSSR count). The standard InChI is InChI=1S/C20H32N4O/c1-22-12-5-8-20(9-13-22)10-14-24(15-11-20)19(25)18-16-6-3-4-7-17(16)21-23(18)2/h3-15H2,1-2H3. The first-order valence-electron chi connectivity index (χ1n) is 10.1. The Bertz CT molecular complexity index is 642. The van der Waals surface area contributed by atoms with Gasteiger partial charge in [-0.2, -0.15) is 5.10 Å². The molecule has 1 spiro atoms. The molecular formula is C20H32N4O. The van der Waals surface area contributed by atoms with Crippen molar-refractivity contribution in [1.29, 1.82) is 0 Å². The van der Waals surface area contributed by atoms with E-state index in [9.17, 15) is 4.79 Å². The summed E-state index contributed by atoms with van der Waals surface area (Å²) in [6.07, 6.45) is 10.7. The van der Waals surface area contributed by atoms with Crippen LogP contribution in [-0.4, -0.2) is 58.7 Å². The van der Waals surface area contributed by atoms with Gasteiger partial charge in [-0.3, -0.25) is 9.48 Å². The minimum Gasteiger partial charge on any atom is -0.337 e. The number of rotatable bonds is 1. The lowest BCUT2D eigenvalue weighted by atomic mass is 9.73. The van der Waals surface area contributed by atoms with Gasteiger partial charge in [0.2, 0.25) is 0 Å². The summed E-state index contributed by atoms with van der Waals surface area (Å²) in [4.78, 5) is 17.8. The van der Waals surface area contributed by atoms with E-state index >= 15 is 0 Å². The van der Waals surface area contributed by atoms with Crippen LogP contribution in [0.1, 0.15) is 66.7 Å². The average Bonchev–Trinajstić information content (AvgIpc) is 2.85. The highest BCUT2D eigenvalue weighted by molar-refractivity contribution is 5.94. The Morgan fingerprint density at radius 3 is 2.44 bits per heavy atom. The molecule has 0 atom stereocenters. The molecule has 5 heteroatoms. The molecule has 0 N–H and O–H groups in total. The number of amides is 1. The van der Waals surface area contributed by atoms with Gasteiger partial charge in [0.15, 0.2) is 0 Å². The summed E-state index contributed by atoms with van der Waals surface area (Å²) in [7, 11) is 4.18. The quantitative estimate of drug-likeness (QED) is 0.786. The van der Waals surface area contributed by atoms with Gasteiger partial charge in [-0.25, -0.2) is 0 Å². The molecule has 2 saturated heterocycles. The smallest absolute Gasteiger partial charge is 0.272 e. The Kier molecular flexibility index (Phi) is 4.61. The summed E-state index contributed by atoms with van der Waals surface area (Å²) in [5.74, 6) is 0.221. The second-order valence-electron chi connectivity index (χ2n) is 8.55. The molecule has 3 aliphatic rings. The minimum atomic E-state index is 0.221. The molecule has 3 heterocycles. The van der Waals surface area contributed by atoms with Gasteiger partial charge in [0.25, 0.3) is 5.91 Å². The monoisotopic (exact) mass is 344 g/mol. The Hall–Kier alpha value is -1.36. The zero-order valence-corrected chi connectivity index (χ0v) is 15.9. The van der Waals surface area contributed by atoms with E-state index in [0.29, 0.717) is 5.41 Å². The number of hydrogen-bond acceptors (Lipinski definition) is 3. The lowest BCUT2D eigenvalue weighted by Crippen LogP contribution is -2.44. The third-order valence-corrected chi connectivity index (χ3v) is 6.90. The predicted octanol–water partition coefficient (Wildman–Crippen LogP) is 2.64. The van der Waals surface area contributed by atoms with Crippen LogP contribution in [0.3, 0.4) is 0 Å². The van der Waals surface area contributed by atoms with Gasteiger partial charge in [-0.1, -0.05) is 0 Å². The van der Waals surface area contributed by atoms with E-state index in [4.69, 9.17) is 0 Å². The highest BCUT2D eigenvalue weighted by Gasteiger charge is 2.38. The van der Waals surface area contributed by atoms with Gasteiger partial charge in [-0.15, -0.1) is 0 Å². The SMILES string of the molecule is CN1CCCC2(CC1)CCN(C(=O)c1c3c(nn1C)CCCC3)CC2. The van der Waals surface area contributed by atoms with Gasteiger partial charge in [-0.05, 0) is 83.3 Å². The Morgan fingerprint density at radius 2 is 1.64 bits per heavy atom. The number of piperidine rings is 1. The highest BCUT2D eigenvalue weighted by Crippen LogP contribution is 2.41. The van der Waals surface area contributed by atoms with Crippen molar-refractivity contribution >= 4 is 5.91 Å². The van der Waals surface area contributed by atoms with Crippen molar-refractivity contribution in [2.45, 2.75) is 57.8 Å². The van der Waals surface area contributed by atoms with Crippen molar-refractivity contribution < 1.29 is 4.79 Å². The predicted molar refractivity (Wildman–Crippen MR) is 98.8 cm³/mol. The van der Waals surface area contributed by atoms with Crippen LogP contribution in [0.25, 0.3) is 0 Å². The summed E-state index contributed by atoms with van der Waals surface area (Å²) in [6, 6.07) is 0.